The topological polar surface area (TPSA) is 140 Å². The highest BCUT2D eigenvalue weighted by Crippen LogP contribution is 2.64. The molecule has 0 bridgehead atoms. The second kappa shape index (κ2) is 11.7. The molecular formula is C30H38ClN7O4S. The van der Waals surface area contributed by atoms with Crippen LogP contribution in [0.25, 0.3) is 5.82 Å². The van der Waals surface area contributed by atoms with E-state index in [9.17, 15) is 13.2 Å². The Balaban J connectivity index is 1.02. The monoisotopic (exact) mass is 627 g/mol. The van der Waals surface area contributed by atoms with Crippen LogP contribution in [0.5, 0.6) is 5.88 Å². The van der Waals surface area contributed by atoms with Crippen LogP contribution in [0.3, 0.4) is 0 Å². The van der Waals surface area contributed by atoms with Crippen LogP contribution in [-0.4, -0.2) is 58.8 Å². The summed E-state index contributed by atoms with van der Waals surface area (Å²) in [5.74, 6) is 0.976. The molecule has 4 heterocycles. The number of ether oxygens (including phenoxy) is 1. The minimum absolute atomic E-state index is 0.0877. The van der Waals surface area contributed by atoms with E-state index in [1.54, 1.807) is 30.5 Å². The molecular weight excluding hydrogens is 590 g/mol. The molecule has 3 aliphatic rings. The van der Waals surface area contributed by atoms with Gasteiger partial charge >= 0.3 is 0 Å². The van der Waals surface area contributed by atoms with Gasteiger partial charge in [0.15, 0.2) is 10.8 Å². The summed E-state index contributed by atoms with van der Waals surface area (Å²) >= 11 is 6.31. The van der Waals surface area contributed by atoms with Gasteiger partial charge in [0.1, 0.15) is 11.0 Å². The second-order valence-corrected chi connectivity index (χ2v) is 14.6. The first kappa shape index (κ1) is 29.8. The highest BCUT2D eigenvalue weighted by atomic mass is 35.5. The van der Waals surface area contributed by atoms with Crippen molar-refractivity contribution in [2.45, 2.75) is 81.8 Å². The van der Waals surface area contributed by atoms with Gasteiger partial charge in [0.25, 0.3) is 15.9 Å². The number of anilines is 1. The SMILES string of the molecule is CC1(C)CCC(CCCNc2cccc(S(=O)(=O)NC(=O)c3ccc(-n4ccc(OCC5CCC56CC6)n4)nc3Cl)n2)N1. The maximum atomic E-state index is 13.0. The largest absolute Gasteiger partial charge is 0.476 e. The molecule has 0 radical (unpaired) electrons. The molecule has 2 aliphatic carbocycles. The molecule has 3 aromatic heterocycles. The molecule has 2 atom stereocenters. The first-order chi connectivity index (χ1) is 20.5. The third-order valence-electron chi connectivity index (χ3n) is 9.03. The van der Waals surface area contributed by atoms with Crippen molar-refractivity contribution in [1.82, 2.24) is 29.8 Å². The minimum atomic E-state index is -4.26. The molecule has 0 aromatic carbocycles. The van der Waals surface area contributed by atoms with Gasteiger partial charge in [-0.3, -0.25) is 4.79 Å². The Kier molecular flexibility index (Phi) is 8.12. The van der Waals surface area contributed by atoms with Crippen LogP contribution in [0.2, 0.25) is 5.15 Å². The lowest BCUT2D eigenvalue weighted by molar-refractivity contribution is 0.0815. The second-order valence-electron chi connectivity index (χ2n) is 12.6. The maximum Gasteiger partial charge on any atom is 0.281 e. The van der Waals surface area contributed by atoms with Crippen molar-refractivity contribution in [3.05, 3.63) is 53.3 Å². The van der Waals surface area contributed by atoms with Gasteiger partial charge in [-0.2, -0.15) is 8.42 Å². The molecule has 1 amide bonds. The smallest absolute Gasteiger partial charge is 0.281 e. The fourth-order valence-electron chi connectivity index (χ4n) is 6.16. The van der Waals surface area contributed by atoms with Crippen molar-refractivity contribution in [2.75, 3.05) is 18.5 Å². The Bertz CT molecular complexity index is 1610. The van der Waals surface area contributed by atoms with Gasteiger partial charge in [0.2, 0.25) is 5.88 Å². The van der Waals surface area contributed by atoms with Gasteiger partial charge in [-0.05, 0) is 101 Å². The molecule has 3 fully saturated rings. The first-order valence-corrected chi connectivity index (χ1v) is 16.8. The molecule has 11 nitrogen and oxygen atoms in total. The number of sulfonamides is 1. The predicted molar refractivity (Wildman–Crippen MR) is 163 cm³/mol. The highest BCUT2D eigenvalue weighted by molar-refractivity contribution is 7.90. The number of aromatic nitrogens is 4. The van der Waals surface area contributed by atoms with Crippen LogP contribution in [0.1, 0.15) is 75.6 Å². The summed E-state index contributed by atoms with van der Waals surface area (Å²) in [6.45, 7) is 5.73. The van der Waals surface area contributed by atoms with Gasteiger partial charge in [-0.15, -0.1) is 5.10 Å². The van der Waals surface area contributed by atoms with E-state index in [0.29, 0.717) is 48.0 Å². The number of hydrogen-bond donors (Lipinski definition) is 3. The van der Waals surface area contributed by atoms with Gasteiger partial charge in [0, 0.05) is 30.4 Å². The third kappa shape index (κ3) is 6.81. The van der Waals surface area contributed by atoms with Crippen LogP contribution in [-0.2, 0) is 10.0 Å². The zero-order chi connectivity index (χ0) is 30.2. The molecule has 2 unspecified atom stereocenters. The number of nitrogens with zero attached hydrogens (tertiary/aromatic N) is 4. The van der Waals surface area contributed by atoms with Crippen LogP contribution in [0.15, 0.2) is 47.6 Å². The standard InChI is InChI=1S/C30H38ClN7O4S/c1-29(2)13-11-21(35-29)5-4-17-32-23-6-3-7-26(33-23)43(40,41)37-28(39)22-8-9-24(34-27(22)31)38-18-12-25(36-38)42-19-20-10-14-30(20)15-16-30/h3,6-9,12,18,20-21,35H,4-5,10-11,13-17,19H2,1-2H3,(H,32,33)(H,37,39). The van der Waals surface area contributed by atoms with Crippen molar-refractivity contribution < 1.29 is 17.9 Å². The van der Waals surface area contributed by atoms with E-state index in [0.717, 1.165) is 25.7 Å². The van der Waals surface area contributed by atoms with Crippen LogP contribution >= 0.6 is 11.6 Å². The van der Waals surface area contributed by atoms with E-state index >= 15 is 0 Å². The maximum absolute atomic E-state index is 13.0. The van der Waals surface area contributed by atoms with Gasteiger partial charge < -0.3 is 15.4 Å². The average molecular weight is 628 g/mol. The van der Waals surface area contributed by atoms with Crippen LogP contribution in [0.4, 0.5) is 5.82 Å². The number of hydrogen-bond acceptors (Lipinski definition) is 9. The molecule has 3 N–H and O–H groups in total. The van der Waals surface area contributed by atoms with Crippen LogP contribution < -0.4 is 20.1 Å². The third-order valence-corrected chi connectivity index (χ3v) is 10.6. The number of carbonyl (C=O) groups excluding carboxylic acids is 1. The molecule has 1 saturated heterocycles. The van der Waals surface area contributed by atoms with E-state index in [1.165, 1.54) is 42.5 Å². The number of rotatable bonds is 12. The summed E-state index contributed by atoms with van der Waals surface area (Å²) in [5.41, 5.74) is 0.624. The number of pyridine rings is 2. The van der Waals surface area contributed by atoms with Gasteiger partial charge in [-0.1, -0.05) is 17.7 Å². The summed E-state index contributed by atoms with van der Waals surface area (Å²) in [6, 6.07) is 9.81. The van der Waals surface area contributed by atoms with Gasteiger partial charge in [0.05, 0.1) is 12.2 Å². The van der Waals surface area contributed by atoms with E-state index < -0.39 is 15.9 Å². The molecule has 3 aromatic rings. The molecule has 43 heavy (non-hydrogen) atoms. The Labute approximate surface area is 257 Å². The lowest BCUT2D eigenvalue weighted by Gasteiger charge is -2.36. The van der Waals surface area contributed by atoms with Crippen LogP contribution in [0, 0.1) is 11.3 Å². The Morgan fingerprint density at radius 2 is 1.95 bits per heavy atom. The fraction of sp³-hybridized carbons (Fsp3) is 0.533. The molecule has 230 valence electrons. The van der Waals surface area contributed by atoms with Crippen molar-refractivity contribution in [2.24, 2.45) is 11.3 Å². The fourth-order valence-corrected chi connectivity index (χ4v) is 7.33. The first-order valence-electron chi connectivity index (χ1n) is 14.9. The summed E-state index contributed by atoms with van der Waals surface area (Å²) < 4.78 is 35.4. The van der Waals surface area contributed by atoms with Gasteiger partial charge in [-0.25, -0.2) is 19.4 Å². The zero-order valence-corrected chi connectivity index (χ0v) is 26.0. The molecule has 1 aliphatic heterocycles. The highest BCUT2D eigenvalue weighted by Gasteiger charge is 2.55. The lowest BCUT2D eigenvalue weighted by Crippen LogP contribution is -2.37. The number of carbonyl (C=O) groups is 1. The zero-order valence-electron chi connectivity index (χ0n) is 24.5. The molecule has 13 heteroatoms. The molecule has 6 rings (SSSR count). The summed E-state index contributed by atoms with van der Waals surface area (Å²) in [4.78, 5) is 21.4. The van der Waals surface area contributed by atoms with Crippen molar-refractivity contribution in [3.63, 3.8) is 0 Å². The predicted octanol–water partition coefficient (Wildman–Crippen LogP) is 4.73. The van der Waals surface area contributed by atoms with Crippen molar-refractivity contribution >= 4 is 33.3 Å². The molecule has 1 spiro atoms. The quantitative estimate of drug-likeness (QED) is 0.192. The number of nitrogens with one attached hydrogen (secondary N) is 3. The summed E-state index contributed by atoms with van der Waals surface area (Å²) in [7, 11) is -4.26. The Morgan fingerprint density at radius 3 is 2.65 bits per heavy atom. The van der Waals surface area contributed by atoms with Crippen molar-refractivity contribution in [3.8, 4) is 11.7 Å². The molecule has 2 saturated carbocycles. The van der Waals surface area contributed by atoms with E-state index in [1.807, 2.05) is 0 Å². The lowest BCUT2D eigenvalue weighted by atomic mass is 9.71. The normalized spacial score (nSPS) is 21.7. The van der Waals surface area contributed by atoms with E-state index in [4.69, 9.17) is 16.3 Å². The number of halogens is 1. The van der Waals surface area contributed by atoms with E-state index in [-0.39, 0.29) is 21.3 Å². The number of amides is 1. The Morgan fingerprint density at radius 1 is 1.12 bits per heavy atom. The summed E-state index contributed by atoms with van der Waals surface area (Å²) in [5, 5.41) is 10.8. The minimum Gasteiger partial charge on any atom is -0.476 e. The van der Waals surface area contributed by atoms with E-state index in [2.05, 4.69) is 44.3 Å². The average Bonchev–Trinajstić information content (AvgIpc) is 3.55. The summed E-state index contributed by atoms with van der Waals surface area (Å²) in [6.07, 6.45) is 11.1. The van der Waals surface area contributed by atoms with Crippen molar-refractivity contribution in [1.29, 1.82) is 0 Å². The Hall–Kier alpha value is -3.22.